The molecule has 0 bridgehead atoms. The number of rotatable bonds is 5. The van der Waals surface area contributed by atoms with E-state index in [-0.39, 0.29) is 6.04 Å². The van der Waals surface area contributed by atoms with Gasteiger partial charge in [-0.2, -0.15) is 12.7 Å². The summed E-state index contributed by atoms with van der Waals surface area (Å²) in [6.07, 6.45) is 4.32. The van der Waals surface area contributed by atoms with Crippen LogP contribution in [0.5, 0.6) is 0 Å². The van der Waals surface area contributed by atoms with Crippen molar-refractivity contribution in [2.24, 2.45) is 5.92 Å². The molecule has 94 valence electrons. The minimum absolute atomic E-state index is 0.249. The van der Waals surface area contributed by atoms with Crippen LogP contribution in [-0.4, -0.2) is 45.4 Å². The van der Waals surface area contributed by atoms with E-state index < -0.39 is 10.2 Å². The Bertz CT molecular complexity index is 321. The van der Waals surface area contributed by atoms with E-state index in [1.165, 1.54) is 7.05 Å². The fourth-order valence-corrected chi connectivity index (χ4v) is 3.50. The van der Waals surface area contributed by atoms with Crippen LogP contribution in [0.25, 0.3) is 0 Å². The van der Waals surface area contributed by atoms with Gasteiger partial charge >= 0.3 is 0 Å². The average molecular weight is 247 g/mol. The van der Waals surface area contributed by atoms with Crippen LogP contribution < -0.4 is 10.0 Å². The molecule has 16 heavy (non-hydrogen) atoms. The largest absolute Gasteiger partial charge is 0.316 e. The van der Waals surface area contributed by atoms with Crippen LogP contribution in [0.1, 0.15) is 25.7 Å². The molecule has 6 heteroatoms. The maximum Gasteiger partial charge on any atom is 0.279 e. The molecule has 0 aromatic carbocycles. The van der Waals surface area contributed by atoms with Crippen molar-refractivity contribution in [3.05, 3.63) is 0 Å². The van der Waals surface area contributed by atoms with Crippen LogP contribution in [0.15, 0.2) is 0 Å². The summed E-state index contributed by atoms with van der Waals surface area (Å²) in [6, 6.07) is 0.249. The first-order valence-corrected chi connectivity index (χ1v) is 7.48. The lowest BCUT2D eigenvalue weighted by atomic mass is 10.00. The van der Waals surface area contributed by atoms with E-state index in [9.17, 15) is 8.42 Å². The van der Waals surface area contributed by atoms with Crippen molar-refractivity contribution in [1.29, 1.82) is 0 Å². The zero-order valence-corrected chi connectivity index (χ0v) is 10.6. The quantitative estimate of drug-likeness (QED) is 0.714. The predicted octanol–water partition coefficient (Wildman–Crippen LogP) is -0.0854. The minimum atomic E-state index is -3.24. The van der Waals surface area contributed by atoms with Gasteiger partial charge in [0.2, 0.25) is 0 Å². The Balaban J connectivity index is 1.97. The van der Waals surface area contributed by atoms with E-state index in [1.54, 1.807) is 4.31 Å². The first-order valence-electron chi connectivity index (χ1n) is 6.04. The molecule has 0 aromatic heterocycles. The van der Waals surface area contributed by atoms with Gasteiger partial charge in [-0.05, 0) is 44.7 Å². The maximum atomic E-state index is 11.8. The Morgan fingerprint density at radius 1 is 1.38 bits per heavy atom. The first-order chi connectivity index (χ1) is 7.63. The van der Waals surface area contributed by atoms with E-state index in [1.807, 2.05) is 0 Å². The lowest BCUT2D eigenvalue weighted by Crippen LogP contribution is -2.45. The highest BCUT2D eigenvalue weighted by atomic mass is 32.2. The molecule has 5 nitrogen and oxygen atoms in total. The number of hydrogen-bond acceptors (Lipinski definition) is 3. The lowest BCUT2D eigenvalue weighted by Gasteiger charge is -2.29. The fraction of sp³-hybridized carbons (Fsp3) is 1.00. The fourth-order valence-electron chi connectivity index (χ4n) is 2.26. The summed E-state index contributed by atoms with van der Waals surface area (Å²) in [5.74, 6) is 0.470. The number of hydrogen-bond donors (Lipinski definition) is 2. The van der Waals surface area contributed by atoms with E-state index in [2.05, 4.69) is 10.0 Å². The zero-order chi connectivity index (χ0) is 11.6. The molecule has 2 rings (SSSR count). The van der Waals surface area contributed by atoms with Gasteiger partial charge in [-0.1, -0.05) is 0 Å². The van der Waals surface area contributed by atoms with Gasteiger partial charge in [-0.25, -0.2) is 4.72 Å². The smallest absolute Gasteiger partial charge is 0.279 e. The number of nitrogens with one attached hydrogen (secondary N) is 2. The third-order valence-electron chi connectivity index (χ3n) is 3.36. The highest BCUT2D eigenvalue weighted by Crippen LogP contribution is 2.30. The third kappa shape index (κ3) is 2.94. The summed E-state index contributed by atoms with van der Waals surface area (Å²) in [5.41, 5.74) is 0. The highest BCUT2D eigenvalue weighted by molar-refractivity contribution is 7.87. The molecule has 0 aromatic rings. The van der Waals surface area contributed by atoms with Crippen LogP contribution in [0.3, 0.4) is 0 Å². The maximum absolute atomic E-state index is 11.8. The van der Waals surface area contributed by atoms with E-state index in [0.717, 1.165) is 38.8 Å². The molecule has 1 saturated heterocycles. The van der Waals surface area contributed by atoms with Gasteiger partial charge in [0.15, 0.2) is 0 Å². The van der Waals surface area contributed by atoms with Crippen LogP contribution in [0.2, 0.25) is 0 Å². The Hall–Kier alpha value is -0.170. The van der Waals surface area contributed by atoms with Crippen molar-refractivity contribution in [1.82, 2.24) is 14.3 Å². The summed E-state index contributed by atoms with van der Waals surface area (Å²) >= 11 is 0. The Labute approximate surface area is 97.8 Å². The van der Waals surface area contributed by atoms with Gasteiger partial charge in [0.1, 0.15) is 0 Å². The topological polar surface area (TPSA) is 61.4 Å². The Morgan fingerprint density at radius 3 is 2.62 bits per heavy atom. The molecule has 0 spiro atoms. The molecular weight excluding hydrogens is 226 g/mol. The molecule has 1 heterocycles. The monoisotopic (exact) mass is 247 g/mol. The third-order valence-corrected chi connectivity index (χ3v) is 4.94. The molecular formula is C10H21N3O2S. The highest BCUT2D eigenvalue weighted by Gasteiger charge is 2.37. The molecule has 2 N–H and O–H groups in total. The van der Waals surface area contributed by atoms with Crippen LogP contribution in [-0.2, 0) is 10.2 Å². The summed E-state index contributed by atoms with van der Waals surface area (Å²) in [6.45, 7) is 2.68. The van der Waals surface area contributed by atoms with Crippen molar-refractivity contribution in [2.75, 3.05) is 26.7 Å². The molecule has 1 atom stereocenters. The molecule has 2 fully saturated rings. The summed E-state index contributed by atoms with van der Waals surface area (Å²) in [5, 5.41) is 3.33. The van der Waals surface area contributed by atoms with E-state index in [4.69, 9.17) is 0 Å². The van der Waals surface area contributed by atoms with Gasteiger partial charge < -0.3 is 5.32 Å². The van der Waals surface area contributed by atoms with Crippen LogP contribution in [0.4, 0.5) is 0 Å². The molecule has 1 unspecified atom stereocenters. The van der Waals surface area contributed by atoms with Gasteiger partial charge in [-0.3, -0.25) is 0 Å². The van der Waals surface area contributed by atoms with Crippen molar-refractivity contribution in [3.8, 4) is 0 Å². The van der Waals surface area contributed by atoms with Gasteiger partial charge in [0.05, 0.1) is 0 Å². The molecule has 2 aliphatic rings. The minimum Gasteiger partial charge on any atom is -0.316 e. The normalized spacial score (nSPS) is 27.2. The summed E-state index contributed by atoms with van der Waals surface area (Å²) in [7, 11) is -1.75. The van der Waals surface area contributed by atoms with Gasteiger partial charge in [-0.15, -0.1) is 0 Å². The van der Waals surface area contributed by atoms with Crippen molar-refractivity contribution >= 4 is 10.2 Å². The van der Waals surface area contributed by atoms with Crippen LogP contribution in [0, 0.1) is 5.92 Å². The van der Waals surface area contributed by atoms with Crippen molar-refractivity contribution < 1.29 is 8.42 Å². The first kappa shape index (κ1) is 12.3. The standard InChI is InChI=1S/C10H21N3O2S/c1-11-16(14,15)13(10-4-5-10)8-9-3-2-6-12-7-9/h9-12H,2-8H2,1H3. The summed E-state index contributed by atoms with van der Waals surface area (Å²) in [4.78, 5) is 0. The molecule has 1 saturated carbocycles. The Kier molecular flexibility index (Phi) is 3.84. The average Bonchev–Trinajstić information content (AvgIpc) is 3.11. The van der Waals surface area contributed by atoms with Gasteiger partial charge in [0, 0.05) is 19.6 Å². The molecule has 1 aliphatic carbocycles. The number of piperidine rings is 1. The lowest BCUT2D eigenvalue weighted by molar-refractivity contribution is 0.285. The predicted molar refractivity (Wildman–Crippen MR) is 63.3 cm³/mol. The number of nitrogens with zero attached hydrogens (tertiary/aromatic N) is 1. The van der Waals surface area contributed by atoms with Gasteiger partial charge in [0.25, 0.3) is 10.2 Å². The second-order valence-electron chi connectivity index (χ2n) is 4.72. The second-order valence-corrected chi connectivity index (χ2v) is 6.55. The molecule has 1 aliphatic heterocycles. The molecule has 0 amide bonds. The Morgan fingerprint density at radius 2 is 2.12 bits per heavy atom. The SMILES string of the molecule is CNS(=O)(=O)N(CC1CCCNC1)C1CC1. The zero-order valence-electron chi connectivity index (χ0n) is 9.78. The second kappa shape index (κ2) is 5.00. The van der Waals surface area contributed by atoms with Crippen molar-refractivity contribution in [2.45, 2.75) is 31.7 Å². The van der Waals surface area contributed by atoms with Crippen LogP contribution >= 0.6 is 0 Å². The van der Waals surface area contributed by atoms with E-state index in [0.29, 0.717) is 12.5 Å². The molecule has 0 radical (unpaired) electrons. The van der Waals surface area contributed by atoms with Crippen molar-refractivity contribution in [3.63, 3.8) is 0 Å². The summed E-state index contributed by atoms with van der Waals surface area (Å²) < 4.78 is 27.8. The van der Waals surface area contributed by atoms with E-state index >= 15 is 0 Å².